The summed E-state index contributed by atoms with van der Waals surface area (Å²) in [6, 6.07) is 0.680. The van der Waals surface area contributed by atoms with Crippen molar-refractivity contribution in [2.75, 3.05) is 13.1 Å². The third-order valence-corrected chi connectivity index (χ3v) is 4.93. The highest BCUT2D eigenvalue weighted by molar-refractivity contribution is 4.90. The van der Waals surface area contributed by atoms with Crippen LogP contribution in [0.15, 0.2) is 0 Å². The second kappa shape index (κ2) is 6.19. The van der Waals surface area contributed by atoms with Gasteiger partial charge in [-0.1, -0.05) is 33.1 Å². The maximum atomic E-state index is 10.2. The lowest BCUT2D eigenvalue weighted by atomic mass is 9.80. The summed E-state index contributed by atoms with van der Waals surface area (Å²) in [6.45, 7) is 7.14. The van der Waals surface area contributed by atoms with E-state index in [1.807, 2.05) is 0 Å². The topological polar surface area (TPSA) is 23.5 Å². The van der Waals surface area contributed by atoms with Crippen molar-refractivity contribution >= 4 is 0 Å². The average Bonchev–Trinajstić information content (AvgIpc) is 2.77. The molecule has 17 heavy (non-hydrogen) atoms. The Morgan fingerprint density at radius 2 is 1.94 bits per heavy atom. The number of hydrogen-bond acceptors (Lipinski definition) is 2. The fraction of sp³-hybridized carbons (Fsp3) is 1.00. The molecule has 0 aromatic carbocycles. The van der Waals surface area contributed by atoms with Crippen molar-refractivity contribution in [2.45, 2.75) is 70.9 Å². The van der Waals surface area contributed by atoms with Crippen molar-refractivity contribution in [3.8, 4) is 0 Å². The van der Waals surface area contributed by atoms with Crippen LogP contribution in [0.1, 0.15) is 58.8 Å². The van der Waals surface area contributed by atoms with Gasteiger partial charge in [-0.15, -0.1) is 0 Å². The maximum absolute atomic E-state index is 10.2. The number of aliphatic hydroxyl groups excluding tert-OH is 1. The quantitative estimate of drug-likeness (QED) is 0.815. The summed E-state index contributed by atoms with van der Waals surface area (Å²) in [5.74, 6) is 1.37. The van der Waals surface area contributed by atoms with Crippen molar-refractivity contribution in [2.24, 2.45) is 11.8 Å². The molecule has 0 spiro atoms. The number of nitrogens with zero attached hydrogens (tertiary/aromatic N) is 1. The zero-order chi connectivity index (χ0) is 12.3. The predicted molar refractivity (Wildman–Crippen MR) is 72.0 cm³/mol. The SMILES string of the molecule is CCC(C)CN1CCCC1C1CCCCC1O. The average molecular weight is 239 g/mol. The minimum absolute atomic E-state index is 0.0220. The minimum atomic E-state index is -0.0220. The largest absolute Gasteiger partial charge is 0.393 e. The fourth-order valence-electron chi connectivity index (χ4n) is 3.68. The molecule has 0 aromatic heterocycles. The molecule has 4 unspecified atom stereocenters. The molecule has 4 atom stereocenters. The van der Waals surface area contributed by atoms with Crippen molar-refractivity contribution in [3.63, 3.8) is 0 Å². The molecule has 2 nitrogen and oxygen atoms in total. The molecule has 0 bridgehead atoms. The zero-order valence-electron chi connectivity index (χ0n) is 11.6. The van der Waals surface area contributed by atoms with Crippen LogP contribution in [0, 0.1) is 11.8 Å². The van der Waals surface area contributed by atoms with Crippen LogP contribution in [0.2, 0.25) is 0 Å². The molecule has 0 aromatic rings. The van der Waals surface area contributed by atoms with Crippen LogP contribution in [-0.4, -0.2) is 35.2 Å². The molecule has 1 aliphatic carbocycles. The molecule has 2 heteroatoms. The smallest absolute Gasteiger partial charge is 0.0583 e. The van der Waals surface area contributed by atoms with Crippen LogP contribution in [0.4, 0.5) is 0 Å². The van der Waals surface area contributed by atoms with Gasteiger partial charge in [-0.05, 0) is 38.1 Å². The van der Waals surface area contributed by atoms with Crippen molar-refractivity contribution in [3.05, 3.63) is 0 Å². The van der Waals surface area contributed by atoms with Gasteiger partial charge in [0.15, 0.2) is 0 Å². The second-order valence-corrected chi connectivity index (χ2v) is 6.23. The van der Waals surface area contributed by atoms with E-state index in [-0.39, 0.29) is 6.10 Å². The lowest BCUT2D eigenvalue weighted by Gasteiger charge is -2.38. The first-order valence-corrected chi connectivity index (χ1v) is 7.64. The lowest BCUT2D eigenvalue weighted by Crippen LogP contribution is -2.44. The fourth-order valence-corrected chi connectivity index (χ4v) is 3.68. The highest BCUT2D eigenvalue weighted by Gasteiger charge is 2.36. The maximum Gasteiger partial charge on any atom is 0.0583 e. The van der Waals surface area contributed by atoms with Crippen LogP contribution in [0.3, 0.4) is 0 Å². The van der Waals surface area contributed by atoms with E-state index in [1.165, 1.54) is 51.6 Å². The Balaban J connectivity index is 1.93. The van der Waals surface area contributed by atoms with Crippen molar-refractivity contribution in [1.29, 1.82) is 0 Å². The normalized spacial score (nSPS) is 37.2. The van der Waals surface area contributed by atoms with E-state index in [0.29, 0.717) is 12.0 Å². The lowest BCUT2D eigenvalue weighted by molar-refractivity contribution is 0.0189. The Bertz CT molecular complexity index is 231. The van der Waals surface area contributed by atoms with E-state index in [4.69, 9.17) is 0 Å². The second-order valence-electron chi connectivity index (χ2n) is 6.23. The summed E-state index contributed by atoms with van der Waals surface area (Å²) in [5.41, 5.74) is 0. The summed E-state index contributed by atoms with van der Waals surface area (Å²) in [6.07, 6.45) is 8.76. The molecule has 0 radical (unpaired) electrons. The van der Waals surface area contributed by atoms with E-state index in [2.05, 4.69) is 18.7 Å². The molecule has 1 saturated heterocycles. The van der Waals surface area contributed by atoms with E-state index in [0.717, 1.165) is 12.3 Å². The van der Waals surface area contributed by atoms with Crippen molar-refractivity contribution in [1.82, 2.24) is 4.90 Å². The Hall–Kier alpha value is -0.0800. The molecule has 2 rings (SSSR count). The van der Waals surface area contributed by atoms with Gasteiger partial charge in [-0.25, -0.2) is 0 Å². The van der Waals surface area contributed by atoms with Crippen molar-refractivity contribution < 1.29 is 5.11 Å². The molecule has 2 fully saturated rings. The monoisotopic (exact) mass is 239 g/mol. The van der Waals surface area contributed by atoms with Gasteiger partial charge in [-0.2, -0.15) is 0 Å². The molecule has 1 aliphatic heterocycles. The molecule has 1 saturated carbocycles. The number of aliphatic hydroxyl groups is 1. The Morgan fingerprint density at radius 1 is 1.18 bits per heavy atom. The predicted octanol–water partition coefficient (Wildman–Crippen LogP) is 3.05. The molecular weight excluding hydrogens is 210 g/mol. The third-order valence-electron chi connectivity index (χ3n) is 4.93. The minimum Gasteiger partial charge on any atom is -0.393 e. The van der Waals surface area contributed by atoms with E-state index < -0.39 is 0 Å². The Morgan fingerprint density at radius 3 is 2.65 bits per heavy atom. The van der Waals surface area contributed by atoms with E-state index in [9.17, 15) is 5.11 Å². The summed E-state index contributed by atoms with van der Waals surface area (Å²) in [5, 5.41) is 10.2. The zero-order valence-corrected chi connectivity index (χ0v) is 11.6. The van der Waals surface area contributed by atoms with Gasteiger partial charge in [-0.3, -0.25) is 4.90 Å². The summed E-state index contributed by atoms with van der Waals surface area (Å²) in [7, 11) is 0. The molecule has 100 valence electrons. The molecular formula is C15H29NO. The number of likely N-dealkylation sites (tertiary alicyclic amines) is 1. The van der Waals surface area contributed by atoms with Gasteiger partial charge < -0.3 is 5.11 Å². The van der Waals surface area contributed by atoms with E-state index >= 15 is 0 Å². The first kappa shape index (κ1) is 13.4. The Kier molecular flexibility index (Phi) is 4.87. The van der Waals surface area contributed by atoms with Crippen LogP contribution >= 0.6 is 0 Å². The van der Waals surface area contributed by atoms with Gasteiger partial charge in [0.1, 0.15) is 0 Å². The summed E-state index contributed by atoms with van der Waals surface area (Å²) in [4.78, 5) is 2.67. The molecule has 1 heterocycles. The van der Waals surface area contributed by atoms with Crippen LogP contribution in [0.5, 0.6) is 0 Å². The van der Waals surface area contributed by atoms with Gasteiger partial charge in [0.2, 0.25) is 0 Å². The third kappa shape index (κ3) is 3.23. The van der Waals surface area contributed by atoms with E-state index in [1.54, 1.807) is 0 Å². The Labute approximate surface area is 106 Å². The van der Waals surface area contributed by atoms with Gasteiger partial charge in [0, 0.05) is 18.5 Å². The highest BCUT2D eigenvalue weighted by atomic mass is 16.3. The molecule has 1 N–H and O–H groups in total. The first-order chi connectivity index (χ1) is 8.22. The number of hydrogen-bond donors (Lipinski definition) is 1. The van der Waals surface area contributed by atoms with Crippen LogP contribution < -0.4 is 0 Å². The summed E-state index contributed by atoms with van der Waals surface area (Å²) >= 11 is 0. The van der Waals surface area contributed by atoms with Crippen LogP contribution in [-0.2, 0) is 0 Å². The van der Waals surface area contributed by atoms with Gasteiger partial charge in [0.05, 0.1) is 6.10 Å². The van der Waals surface area contributed by atoms with Gasteiger partial charge >= 0.3 is 0 Å². The molecule has 0 amide bonds. The standard InChI is InChI=1S/C15H29NO/c1-3-12(2)11-16-10-6-8-14(16)13-7-4-5-9-15(13)17/h12-15,17H,3-11H2,1-2H3. The summed E-state index contributed by atoms with van der Waals surface area (Å²) < 4.78 is 0. The number of rotatable bonds is 4. The first-order valence-electron chi connectivity index (χ1n) is 7.64. The molecule has 2 aliphatic rings. The van der Waals surface area contributed by atoms with Crippen LogP contribution in [0.25, 0.3) is 0 Å². The van der Waals surface area contributed by atoms with Gasteiger partial charge in [0.25, 0.3) is 0 Å². The highest BCUT2D eigenvalue weighted by Crippen LogP contribution is 2.35.